The van der Waals surface area contributed by atoms with Crippen LogP contribution in [0.5, 0.6) is 0 Å². The van der Waals surface area contributed by atoms with Gasteiger partial charge in [-0.15, -0.1) is 0 Å². The number of anilines is 1. The van der Waals surface area contributed by atoms with Crippen LogP contribution < -0.4 is 10.5 Å². The molecule has 1 aromatic carbocycles. The Morgan fingerprint density at radius 1 is 1.25 bits per heavy atom. The van der Waals surface area contributed by atoms with E-state index in [-0.39, 0.29) is 11.7 Å². The fraction of sp³-hybridized carbons (Fsp3) is 0.462. The van der Waals surface area contributed by atoms with Crippen LogP contribution in [0.15, 0.2) is 24.3 Å². The van der Waals surface area contributed by atoms with Crippen LogP contribution in [0.1, 0.15) is 25.3 Å². The quantitative estimate of drug-likeness (QED) is 0.705. The number of nitrogens with one attached hydrogen (secondary N) is 1. The van der Waals surface area contributed by atoms with Gasteiger partial charge in [-0.25, -0.2) is 13.6 Å². The minimum atomic E-state index is -3.53. The monoisotopic (exact) mass is 300 g/mol. The van der Waals surface area contributed by atoms with Gasteiger partial charge in [0.25, 0.3) is 0 Å². The smallest absolute Gasteiger partial charge is 0.226 e. The lowest BCUT2D eigenvalue weighted by molar-refractivity contribution is -0.117. The molecule has 0 heterocycles. The fourth-order valence-corrected chi connectivity index (χ4v) is 2.21. The SMILES string of the molecule is CCCOCCC(=O)Nc1ccc(CS(N)(=O)=O)cc1. The number of nitrogens with two attached hydrogens (primary N) is 1. The van der Waals surface area contributed by atoms with E-state index >= 15 is 0 Å². The highest BCUT2D eigenvalue weighted by Gasteiger charge is 2.06. The van der Waals surface area contributed by atoms with E-state index in [0.717, 1.165) is 6.42 Å². The average molecular weight is 300 g/mol. The molecule has 20 heavy (non-hydrogen) atoms. The summed E-state index contributed by atoms with van der Waals surface area (Å²) in [5.41, 5.74) is 1.19. The van der Waals surface area contributed by atoms with Crippen molar-refractivity contribution < 1.29 is 17.9 Å². The number of ether oxygens (including phenoxy) is 1. The standard InChI is InChI=1S/C13H20N2O4S/c1-2-8-19-9-7-13(16)15-12-5-3-11(4-6-12)10-20(14,17)18/h3-6H,2,7-10H2,1H3,(H,15,16)(H2,14,17,18). The first kappa shape index (κ1) is 16.6. The Morgan fingerprint density at radius 3 is 2.45 bits per heavy atom. The van der Waals surface area contributed by atoms with E-state index < -0.39 is 10.0 Å². The third-order valence-corrected chi connectivity index (χ3v) is 3.16. The molecule has 6 nitrogen and oxygen atoms in total. The van der Waals surface area contributed by atoms with Crippen molar-refractivity contribution >= 4 is 21.6 Å². The Kier molecular flexibility index (Phi) is 6.63. The minimum Gasteiger partial charge on any atom is -0.381 e. The summed E-state index contributed by atoms with van der Waals surface area (Å²) >= 11 is 0. The Morgan fingerprint density at radius 2 is 1.90 bits per heavy atom. The maximum Gasteiger partial charge on any atom is 0.226 e. The topological polar surface area (TPSA) is 98.5 Å². The van der Waals surface area contributed by atoms with Crippen LogP contribution in [-0.4, -0.2) is 27.5 Å². The van der Waals surface area contributed by atoms with E-state index in [4.69, 9.17) is 9.88 Å². The zero-order valence-corrected chi connectivity index (χ0v) is 12.3. The average Bonchev–Trinajstić information content (AvgIpc) is 2.35. The second-order valence-corrected chi connectivity index (χ2v) is 6.03. The molecule has 0 aromatic heterocycles. The zero-order chi connectivity index (χ0) is 15.0. The van der Waals surface area contributed by atoms with Crippen LogP contribution >= 0.6 is 0 Å². The van der Waals surface area contributed by atoms with Gasteiger partial charge in [-0.1, -0.05) is 19.1 Å². The first-order valence-electron chi connectivity index (χ1n) is 6.37. The molecule has 1 rings (SSSR count). The lowest BCUT2D eigenvalue weighted by atomic mass is 10.2. The van der Waals surface area contributed by atoms with Crippen LogP contribution in [0.3, 0.4) is 0 Å². The Balaban J connectivity index is 2.43. The second kappa shape index (κ2) is 7.98. The highest BCUT2D eigenvalue weighted by atomic mass is 32.2. The van der Waals surface area contributed by atoms with Crippen molar-refractivity contribution in [1.29, 1.82) is 0 Å². The van der Waals surface area contributed by atoms with Crippen molar-refractivity contribution in [2.24, 2.45) is 5.14 Å². The molecule has 3 N–H and O–H groups in total. The van der Waals surface area contributed by atoms with Gasteiger partial charge in [0.05, 0.1) is 18.8 Å². The molecular formula is C13H20N2O4S. The van der Waals surface area contributed by atoms with Gasteiger partial charge in [0, 0.05) is 12.3 Å². The number of sulfonamides is 1. The summed E-state index contributed by atoms with van der Waals surface area (Å²) in [6.45, 7) is 3.04. The van der Waals surface area contributed by atoms with Gasteiger partial charge in [0.2, 0.25) is 15.9 Å². The summed E-state index contributed by atoms with van der Waals surface area (Å²) in [6.07, 6.45) is 1.21. The van der Waals surface area contributed by atoms with Gasteiger partial charge in [0.15, 0.2) is 0 Å². The lowest BCUT2D eigenvalue weighted by Gasteiger charge is -2.06. The van der Waals surface area contributed by atoms with E-state index in [1.54, 1.807) is 24.3 Å². The number of carbonyl (C=O) groups is 1. The molecule has 0 atom stereocenters. The molecule has 0 saturated carbocycles. The number of rotatable bonds is 8. The van der Waals surface area contributed by atoms with Gasteiger partial charge in [-0.3, -0.25) is 4.79 Å². The van der Waals surface area contributed by atoms with E-state index in [9.17, 15) is 13.2 Å². The Hall–Kier alpha value is -1.44. The lowest BCUT2D eigenvalue weighted by Crippen LogP contribution is -2.15. The summed E-state index contributed by atoms with van der Waals surface area (Å²) in [6, 6.07) is 6.53. The maximum atomic E-state index is 11.6. The maximum absolute atomic E-state index is 11.6. The first-order chi connectivity index (χ1) is 9.40. The van der Waals surface area contributed by atoms with Gasteiger partial charge < -0.3 is 10.1 Å². The van der Waals surface area contributed by atoms with Crippen LogP contribution in [0.4, 0.5) is 5.69 Å². The number of primary sulfonamides is 1. The molecule has 0 aliphatic rings. The summed E-state index contributed by atoms with van der Waals surface area (Å²) in [5.74, 6) is -0.355. The predicted octanol–water partition coefficient (Wildman–Crippen LogP) is 1.23. The van der Waals surface area contributed by atoms with E-state index in [1.807, 2.05) is 6.92 Å². The Labute approximate surface area is 119 Å². The number of carbonyl (C=O) groups excluding carboxylic acids is 1. The van der Waals surface area contributed by atoms with Crippen molar-refractivity contribution in [3.05, 3.63) is 29.8 Å². The van der Waals surface area contributed by atoms with Crippen LogP contribution in [0.25, 0.3) is 0 Å². The summed E-state index contributed by atoms with van der Waals surface area (Å²) < 4.78 is 27.1. The van der Waals surface area contributed by atoms with Crippen molar-refractivity contribution in [3.8, 4) is 0 Å². The molecule has 0 radical (unpaired) electrons. The molecule has 7 heteroatoms. The van der Waals surface area contributed by atoms with Gasteiger partial charge >= 0.3 is 0 Å². The number of benzene rings is 1. The van der Waals surface area contributed by atoms with Gasteiger partial charge in [-0.05, 0) is 24.1 Å². The molecule has 0 bridgehead atoms. The number of hydrogen-bond donors (Lipinski definition) is 2. The van der Waals surface area contributed by atoms with E-state index in [0.29, 0.717) is 30.9 Å². The largest absolute Gasteiger partial charge is 0.381 e. The number of hydrogen-bond acceptors (Lipinski definition) is 4. The van der Waals surface area contributed by atoms with Gasteiger partial charge in [-0.2, -0.15) is 0 Å². The molecule has 1 aromatic rings. The van der Waals surface area contributed by atoms with Gasteiger partial charge in [0.1, 0.15) is 0 Å². The Bertz CT molecular complexity index is 526. The highest BCUT2D eigenvalue weighted by molar-refractivity contribution is 7.88. The van der Waals surface area contributed by atoms with Crippen molar-refractivity contribution in [1.82, 2.24) is 0 Å². The molecular weight excluding hydrogens is 280 g/mol. The molecule has 1 amide bonds. The van der Waals surface area contributed by atoms with Crippen molar-refractivity contribution in [3.63, 3.8) is 0 Å². The second-order valence-electron chi connectivity index (χ2n) is 4.41. The van der Waals surface area contributed by atoms with Crippen LogP contribution in [-0.2, 0) is 25.3 Å². The highest BCUT2D eigenvalue weighted by Crippen LogP contribution is 2.11. The molecule has 0 aliphatic carbocycles. The first-order valence-corrected chi connectivity index (χ1v) is 8.09. The molecule has 0 spiro atoms. The molecule has 0 unspecified atom stereocenters. The van der Waals surface area contributed by atoms with E-state index in [2.05, 4.69) is 5.32 Å². The third kappa shape index (κ3) is 7.22. The third-order valence-electron chi connectivity index (χ3n) is 2.43. The molecule has 112 valence electrons. The summed E-state index contributed by atoms with van der Waals surface area (Å²) in [5, 5.41) is 7.66. The fourth-order valence-electron chi connectivity index (χ4n) is 1.55. The molecule has 0 fully saturated rings. The number of amides is 1. The summed E-state index contributed by atoms with van der Waals surface area (Å²) in [7, 11) is -3.53. The van der Waals surface area contributed by atoms with Crippen molar-refractivity contribution in [2.75, 3.05) is 18.5 Å². The van der Waals surface area contributed by atoms with Crippen molar-refractivity contribution in [2.45, 2.75) is 25.5 Å². The summed E-state index contributed by atoms with van der Waals surface area (Å²) in [4.78, 5) is 11.6. The van der Waals surface area contributed by atoms with Crippen LogP contribution in [0.2, 0.25) is 0 Å². The zero-order valence-electron chi connectivity index (χ0n) is 11.5. The predicted molar refractivity (Wildman–Crippen MR) is 77.6 cm³/mol. The molecule has 0 saturated heterocycles. The van der Waals surface area contributed by atoms with E-state index in [1.165, 1.54) is 0 Å². The minimum absolute atomic E-state index is 0.139. The molecule has 0 aliphatic heterocycles. The normalized spacial score (nSPS) is 11.3. The van der Waals surface area contributed by atoms with Crippen LogP contribution in [0, 0.1) is 0 Å².